The van der Waals surface area contributed by atoms with Gasteiger partial charge in [0.1, 0.15) is 0 Å². The highest BCUT2D eigenvalue weighted by molar-refractivity contribution is 5.95. The Bertz CT molecular complexity index is 859. The summed E-state index contributed by atoms with van der Waals surface area (Å²) in [6.07, 6.45) is 4.69. The van der Waals surface area contributed by atoms with Crippen molar-refractivity contribution in [3.05, 3.63) is 64.7 Å². The number of ether oxygens (including phenoxy) is 1. The molecule has 1 aliphatic carbocycles. The quantitative estimate of drug-likeness (QED) is 0.767. The first kappa shape index (κ1) is 18.6. The lowest BCUT2D eigenvalue weighted by molar-refractivity contribution is -0.146. The van der Waals surface area contributed by atoms with Gasteiger partial charge >= 0.3 is 5.97 Å². The fourth-order valence-electron chi connectivity index (χ4n) is 3.18. The molecule has 0 radical (unpaired) electrons. The molecule has 3 N–H and O–H groups in total. The second-order valence-corrected chi connectivity index (χ2v) is 6.64. The number of amides is 2. The predicted molar refractivity (Wildman–Crippen MR) is 101 cm³/mol. The highest BCUT2D eigenvalue weighted by Crippen LogP contribution is 2.22. The van der Waals surface area contributed by atoms with E-state index in [1.165, 1.54) is 36.1 Å². The molecule has 0 aromatic heterocycles. The van der Waals surface area contributed by atoms with Crippen molar-refractivity contribution in [3.63, 3.8) is 0 Å². The van der Waals surface area contributed by atoms with Crippen molar-refractivity contribution in [2.45, 2.75) is 32.1 Å². The lowest BCUT2D eigenvalue weighted by atomic mass is 9.90. The van der Waals surface area contributed by atoms with Gasteiger partial charge in [0.05, 0.1) is 6.42 Å². The molecular formula is C21H22N2O4. The summed E-state index contributed by atoms with van der Waals surface area (Å²) in [5.74, 6) is -1.42. The van der Waals surface area contributed by atoms with Crippen LogP contribution in [0.4, 0.5) is 5.69 Å². The molecule has 0 heterocycles. The molecule has 0 unspecified atom stereocenters. The molecule has 0 fully saturated rings. The number of anilines is 1. The fourth-order valence-corrected chi connectivity index (χ4v) is 3.18. The van der Waals surface area contributed by atoms with Crippen molar-refractivity contribution in [2.75, 3.05) is 11.9 Å². The summed E-state index contributed by atoms with van der Waals surface area (Å²) < 4.78 is 5.06. The number of benzene rings is 2. The number of hydrogen-bond donors (Lipinski definition) is 2. The molecule has 2 amide bonds. The van der Waals surface area contributed by atoms with Gasteiger partial charge in [-0.1, -0.05) is 18.2 Å². The van der Waals surface area contributed by atoms with E-state index in [0.717, 1.165) is 18.4 Å². The van der Waals surface area contributed by atoms with Crippen LogP contribution in [0, 0.1) is 0 Å². The topological polar surface area (TPSA) is 98.5 Å². The number of hydrogen-bond acceptors (Lipinski definition) is 4. The van der Waals surface area contributed by atoms with Gasteiger partial charge in [0, 0.05) is 11.3 Å². The van der Waals surface area contributed by atoms with Gasteiger partial charge in [-0.15, -0.1) is 0 Å². The van der Waals surface area contributed by atoms with Crippen LogP contribution in [-0.4, -0.2) is 24.4 Å². The highest BCUT2D eigenvalue weighted by Gasteiger charge is 2.13. The first-order valence-corrected chi connectivity index (χ1v) is 8.97. The summed E-state index contributed by atoms with van der Waals surface area (Å²) in [5.41, 5.74) is 9.59. The molecule has 6 heteroatoms. The van der Waals surface area contributed by atoms with Crippen LogP contribution >= 0.6 is 0 Å². The van der Waals surface area contributed by atoms with Crippen LogP contribution < -0.4 is 11.1 Å². The zero-order valence-electron chi connectivity index (χ0n) is 15.0. The zero-order valence-corrected chi connectivity index (χ0v) is 15.0. The maximum absolute atomic E-state index is 12.0. The van der Waals surface area contributed by atoms with Gasteiger partial charge in [0.25, 0.3) is 5.91 Å². The Morgan fingerprint density at radius 3 is 2.37 bits per heavy atom. The Balaban J connectivity index is 1.47. The molecule has 1 aliphatic rings. The van der Waals surface area contributed by atoms with E-state index in [1.54, 1.807) is 12.1 Å². The molecule has 3 rings (SSSR count). The molecule has 140 valence electrons. The van der Waals surface area contributed by atoms with Crippen molar-refractivity contribution >= 4 is 23.5 Å². The number of carbonyl (C=O) groups excluding carboxylic acids is 3. The van der Waals surface area contributed by atoms with Gasteiger partial charge < -0.3 is 15.8 Å². The van der Waals surface area contributed by atoms with Crippen LogP contribution in [-0.2, 0) is 33.6 Å². The number of aryl methyl sites for hydroxylation is 2. The van der Waals surface area contributed by atoms with E-state index in [2.05, 4.69) is 17.4 Å². The van der Waals surface area contributed by atoms with Gasteiger partial charge in [0.2, 0.25) is 5.91 Å². The summed E-state index contributed by atoms with van der Waals surface area (Å²) in [5, 5.41) is 2.60. The Morgan fingerprint density at radius 1 is 0.963 bits per heavy atom. The first-order chi connectivity index (χ1) is 13.0. The van der Waals surface area contributed by atoms with Crippen LogP contribution in [0.2, 0.25) is 0 Å². The Morgan fingerprint density at radius 2 is 1.67 bits per heavy atom. The summed E-state index contributed by atoms with van der Waals surface area (Å²) in [4.78, 5) is 34.9. The predicted octanol–water partition coefficient (Wildman–Crippen LogP) is 2.39. The minimum atomic E-state index is -0.538. The molecule has 0 bridgehead atoms. The zero-order chi connectivity index (χ0) is 19.2. The summed E-state index contributed by atoms with van der Waals surface area (Å²) in [7, 11) is 0. The minimum absolute atomic E-state index is 0.147. The maximum Gasteiger partial charge on any atom is 0.310 e. The molecular weight excluding hydrogens is 344 g/mol. The van der Waals surface area contributed by atoms with Gasteiger partial charge in [-0.3, -0.25) is 14.4 Å². The SMILES string of the molecule is NC(=O)c1ccc(NC(=O)COC(=O)Cc2ccc3c(c2)CCCC3)cc1. The fraction of sp³-hybridized carbons (Fsp3) is 0.286. The Hall–Kier alpha value is -3.15. The highest BCUT2D eigenvalue weighted by atomic mass is 16.5. The van der Waals surface area contributed by atoms with E-state index in [4.69, 9.17) is 10.5 Å². The molecule has 0 aliphatic heterocycles. The summed E-state index contributed by atoms with van der Waals surface area (Å²) in [6, 6.07) is 12.3. The number of primary amides is 1. The third kappa shape index (κ3) is 5.17. The van der Waals surface area contributed by atoms with Crippen molar-refractivity contribution in [1.82, 2.24) is 0 Å². The number of nitrogens with two attached hydrogens (primary N) is 1. The normalized spacial score (nSPS) is 12.7. The van der Waals surface area contributed by atoms with Crippen LogP contribution in [0.15, 0.2) is 42.5 Å². The number of carbonyl (C=O) groups is 3. The molecule has 2 aromatic rings. The van der Waals surface area contributed by atoms with E-state index < -0.39 is 17.8 Å². The largest absolute Gasteiger partial charge is 0.455 e. The minimum Gasteiger partial charge on any atom is -0.455 e. The van der Waals surface area contributed by atoms with Gasteiger partial charge in [0.15, 0.2) is 6.61 Å². The van der Waals surface area contributed by atoms with Gasteiger partial charge in [-0.2, -0.15) is 0 Å². The number of rotatable bonds is 6. The van der Waals surface area contributed by atoms with E-state index >= 15 is 0 Å². The van der Waals surface area contributed by atoms with Crippen molar-refractivity contribution in [3.8, 4) is 0 Å². The second-order valence-electron chi connectivity index (χ2n) is 6.64. The number of esters is 1. The number of nitrogens with one attached hydrogen (secondary N) is 1. The second kappa shape index (κ2) is 8.49. The smallest absolute Gasteiger partial charge is 0.310 e. The maximum atomic E-state index is 12.0. The van der Waals surface area contributed by atoms with Crippen molar-refractivity contribution in [1.29, 1.82) is 0 Å². The van der Waals surface area contributed by atoms with E-state index in [9.17, 15) is 14.4 Å². The van der Waals surface area contributed by atoms with Crippen LogP contribution in [0.5, 0.6) is 0 Å². The van der Waals surface area contributed by atoms with Crippen molar-refractivity contribution < 1.29 is 19.1 Å². The lowest BCUT2D eigenvalue weighted by Gasteiger charge is -2.16. The van der Waals surface area contributed by atoms with Crippen LogP contribution in [0.3, 0.4) is 0 Å². The van der Waals surface area contributed by atoms with Gasteiger partial charge in [-0.05, 0) is 66.6 Å². The summed E-state index contributed by atoms with van der Waals surface area (Å²) >= 11 is 0. The van der Waals surface area contributed by atoms with Crippen molar-refractivity contribution in [2.24, 2.45) is 5.73 Å². The molecule has 2 aromatic carbocycles. The lowest BCUT2D eigenvalue weighted by Crippen LogP contribution is -2.21. The third-order valence-corrected chi connectivity index (χ3v) is 4.58. The Labute approximate surface area is 157 Å². The van der Waals surface area contributed by atoms with E-state index in [1.807, 2.05) is 6.07 Å². The monoisotopic (exact) mass is 366 g/mol. The molecule has 0 saturated carbocycles. The third-order valence-electron chi connectivity index (χ3n) is 4.58. The average Bonchev–Trinajstić information content (AvgIpc) is 2.67. The average molecular weight is 366 g/mol. The van der Waals surface area contributed by atoms with Crippen LogP contribution in [0.1, 0.15) is 39.9 Å². The molecule has 0 atom stereocenters. The van der Waals surface area contributed by atoms with Gasteiger partial charge in [-0.25, -0.2) is 0 Å². The molecule has 0 spiro atoms. The number of fused-ring (bicyclic) bond motifs is 1. The molecule has 0 saturated heterocycles. The standard InChI is InChI=1S/C21H22N2O4/c22-21(26)16-7-9-18(10-8-16)23-19(24)13-27-20(25)12-14-5-6-15-3-1-2-4-17(15)11-14/h5-11H,1-4,12-13H2,(H2,22,26)(H,23,24). The van der Waals surface area contributed by atoms with Crippen LogP contribution in [0.25, 0.3) is 0 Å². The van der Waals surface area contributed by atoms with E-state index in [0.29, 0.717) is 11.3 Å². The molecule has 27 heavy (non-hydrogen) atoms. The summed E-state index contributed by atoms with van der Waals surface area (Å²) in [6.45, 7) is -0.360. The Kier molecular flexibility index (Phi) is 5.86. The van der Waals surface area contributed by atoms with E-state index in [-0.39, 0.29) is 13.0 Å². The molecule has 6 nitrogen and oxygen atoms in total. The first-order valence-electron chi connectivity index (χ1n) is 8.97.